The third kappa shape index (κ3) is 2.71. The summed E-state index contributed by atoms with van der Waals surface area (Å²) in [5.74, 6) is 0. The highest BCUT2D eigenvalue weighted by Crippen LogP contribution is 2.32. The van der Waals surface area contributed by atoms with Gasteiger partial charge in [0.15, 0.2) is 0 Å². The molecule has 1 atom stereocenters. The van der Waals surface area contributed by atoms with E-state index in [9.17, 15) is 0 Å². The zero-order valence-electron chi connectivity index (χ0n) is 11.6. The van der Waals surface area contributed by atoms with Crippen molar-refractivity contribution in [2.75, 3.05) is 0 Å². The average molecular weight is 361 g/mol. The lowest BCUT2D eigenvalue weighted by Crippen LogP contribution is -2.12. The van der Waals surface area contributed by atoms with Crippen molar-refractivity contribution in [1.82, 2.24) is 0 Å². The van der Waals surface area contributed by atoms with E-state index in [0.717, 1.165) is 31.4 Å². The summed E-state index contributed by atoms with van der Waals surface area (Å²) in [6.07, 6.45) is 0. The molecule has 0 spiro atoms. The number of halogens is 2. The molecule has 0 heterocycles. The molecule has 3 aromatic rings. The van der Waals surface area contributed by atoms with E-state index in [0.29, 0.717) is 0 Å². The van der Waals surface area contributed by atoms with Gasteiger partial charge in [-0.15, -0.1) is 0 Å². The highest BCUT2D eigenvalue weighted by atomic mass is 79.9. The molecule has 0 aliphatic heterocycles. The number of hydrogen-bond donors (Lipinski definition) is 1. The number of benzene rings is 3. The van der Waals surface area contributed by atoms with Crippen molar-refractivity contribution in [2.45, 2.75) is 13.0 Å². The van der Waals surface area contributed by atoms with Crippen molar-refractivity contribution < 1.29 is 0 Å². The molecule has 3 aromatic carbocycles. The molecule has 0 aromatic heterocycles. The number of fused-ring (bicyclic) bond motifs is 1. The molecule has 0 radical (unpaired) electrons. The lowest BCUT2D eigenvalue weighted by Gasteiger charge is -2.17. The molecule has 0 bridgehead atoms. The van der Waals surface area contributed by atoms with Gasteiger partial charge in [-0.1, -0.05) is 70.0 Å². The fourth-order valence-electron chi connectivity index (χ4n) is 2.60. The smallest absolute Gasteiger partial charge is 0.0557 e. The van der Waals surface area contributed by atoms with Crippen LogP contribution in [0.2, 0.25) is 5.02 Å². The molecule has 0 aliphatic rings. The van der Waals surface area contributed by atoms with Gasteiger partial charge in [-0.25, -0.2) is 0 Å². The Morgan fingerprint density at radius 1 is 1.00 bits per heavy atom. The Kier molecular flexibility index (Phi) is 4.03. The SMILES string of the molecule is Cc1cc(C(N)c2ccc(Cl)c3ccccc23)ccc1Br. The first-order valence-electron chi connectivity index (χ1n) is 6.76. The van der Waals surface area contributed by atoms with Crippen LogP contribution in [0.1, 0.15) is 22.7 Å². The normalized spacial score (nSPS) is 12.6. The summed E-state index contributed by atoms with van der Waals surface area (Å²) >= 11 is 9.80. The van der Waals surface area contributed by atoms with Gasteiger partial charge in [-0.3, -0.25) is 0 Å². The predicted molar refractivity (Wildman–Crippen MR) is 93.9 cm³/mol. The van der Waals surface area contributed by atoms with Gasteiger partial charge in [0.1, 0.15) is 0 Å². The van der Waals surface area contributed by atoms with Gasteiger partial charge in [0, 0.05) is 14.9 Å². The number of hydrogen-bond acceptors (Lipinski definition) is 1. The van der Waals surface area contributed by atoms with E-state index < -0.39 is 0 Å². The summed E-state index contributed by atoms with van der Waals surface area (Å²) in [7, 11) is 0. The molecule has 0 fully saturated rings. The zero-order chi connectivity index (χ0) is 15.0. The Morgan fingerprint density at radius 2 is 1.71 bits per heavy atom. The molecule has 0 saturated carbocycles. The monoisotopic (exact) mass is 359 g/mol. The Morgan fingerprint density at radius 3 is 2.43 bits per heavy atom. The molecule has 21 heavy (non-hydrogen) atoms. The van der Waals surface area contributed by atoms with Crippen LogP contribution < -0.4 is 5.73 Å². The molecule has 1 unspecified atom stereocenters. The highest BCUT2D eigenvalue weighted by Gasteiger charge is 2.14. The molecule has 3 heteroatoms. The average Bonchev–Trinajstić information content (AvgIpc) is 2.50. The van der Waals surface area contributed by atoms with E-state index in [-0.39, 0.29) is 6.04 Å². The lowest BCUT2D eigenvalue weighted by molar-refractivity contribution is 0.878. The molecule has 106 valence electrons. The van der Waals surface area contributed by atoms with Crippen LogP contribution in [-0.4, -0.2) is 0 Å². The second kappa shape index (κ2) is 5.80. The summed E-state index contributed by atoms with van der Waals surface area (Å²) in [6.45, 7) is 2.07. The number of aryl methyl sites for hydroxylation is 1. The quantitative estimate of drug-likeness (QED) is 0.631. The Bertz CT molecular complexity index is 813. The Balaban J connectivity index is 2.15. The zero-order valence-corrected chi connectivity index (χ0v) is 13.9. The van der Waals surface area contributed by atoms with Crippen LogP contribution in [0.5, 0.6) is 0 Å². The van der Waals surface area contributed by atoms with Crippen LogP contribution in [0, 0.1) is 6.92 Å². The van der Waals surface area contributed by atoms with Crippen molar-refractivity contribution in [1.29, 1.82) is 0 Å². The Hall–Kier alpha value is -1.35. The molecule has 0 saturated heterocycles. The summed E-state index contributed by atoms with van der Waals surface area (Å²) in [4.78, 5) is 0. The third-order valence-electron chi connectivity index (χ3n) is 3.78. The summed E-state index contributed by atoms with van der Waals surface area (Å²) in [5, 5.41) is 2.91. The maximum absolute atomic E-state index is 6.49. The lowest BCUT2D eigenvalue weighted by atomic mass is 9.93. The van der Waals surface area contributed by atoms with Gasteiger partial charge in [0.2, 0.25) is 0 Å². The maximum Gasteiger partial charge on any atom is 0.0557 e. The van der Waals surface area contributed by atoms with Crippen molar-refractivity contribution in [2.24, 2.45) is 5.73 Å². The third-order valence-corrected chi connectivity index (χ3v) is 5.00. The van der Waals surface area contributed by atoms with Crippen LogP contribution in [-0.2, 0) is 0 Å². The van der Waals surface area contributed by atoms with Gasteiger partial charge in [-0.05, 0) is 41.1 Å². The van der Waals surface area contributed by atoms with Crippen LogP contribution in [0.25, 0.3) is 10.8 Å². The molecule has 3 rings (SSSR count). The first-order chi connectivity index (χ1) is 10.1. The van der Waals surface area contributed by atoms with Crippen LogP contribution in [0.4, 0.5) is 0 Å². The number of rotatable bonds is 2. The van der Waals surface area contributed by atoms with E-state index >= 15 is 0 Å². The minimum Gasteiger partial charge on any atom is -0.320 e. The minimum absolute atomic E-state index is 0.168. The molecule has 1 nitrogen and oxygen atoms in total. The van der Waals surface area contributed by atoms with E-state index in [1.165, 1.54) is 5.56 Å². The van der Waals surface area contributed by atoms with Crippen molar-refractivity contribution in [3.05, 3.63) is 80.8 Å². The van der Waals surface area contributed by atoms with Gasteiger partial charge < -0.3 is 5.73 Å². The molecule has 0 aliphatic carbocycles. The van der Waals surface area contributed by atoms with Crippen LogP contribution >= 0.6 is 27.5 Å². The van der Waals surface area contributed by atoms with Gasteiger partial charge in [0.05, 0.1) is 6.04 Å². The molecular weight excluding hydrogens is 346 g/mol. The summed E-state index contributed by atoms with van der Waals surface area (Å²) in [5.41, 5.74) is 9.87. The van der Waals surface area contributed by atoms with Gasteiger partial charge >= 0.3 is 0 Å². The maximum atomic E-state index is 6.49. The van der Waals surface area contributed by atoms with Crippen molar-refractivity contribution in [3.63, 3.8) is 0 Å². The minimum atomic E-state index is -0.168. The van der Waals surface area contributed by atoms with E-state index in [1.54, 1.807) is 0 Å². The van der Waals surface area contributed by atoms with Crippen LogP contribution in [0.3, 0.4) is 0 Å². The van der Waals surface area contributed by atoms with Crippen molar-refractivity contribution in [3.8, 4) is 0 Å². The molecule has 0 amide bonds. The van der Waals surface area contributed by atoms with Crippen molar-refractivity contribution >= 4 is 38.3 Å². The topological polar surface area (TPSA) is 26.0 Å². The summed E-state index contributed by atoms with van der Waals surface area (Å²) < 4.78 is 1.10. The predicted octanol–water partition coefficient (Wildman–Crippen LogP) is 5.61. The first-order valence-corrected chi connectivity index (χ1v) is 7.94. The molecule has 2 N–H and O–H groups in total. The van der Waals surface area contributed by atoms with E-state index in [1.807, 2.05) is 36.4 Å². The second-order valence-corrected chi connectivity index (χ2v) is 6.43. The molecular formula is C18H15BrClN. The second-order valence-electron chi connectivity index (χ2n) is 5.17. The summed E-state index contributed by atoms with van der Waals surface area (Å²) in [6, 6.07) is 18.1. The largest absolute Gasteiger partial charge is 0.320 e. The van der Waals surface area contributed by atoms with Gasteiger partial charge in [-0.2, -0.15) is 0 Å². The van der Waals surface area contributed by atoms with Gasteiger partial charge in [0.25, 0.3) is 0 Å². The van der Waals surface area contributed by atoms with E-state index in [2.05, 4.69) is 41.1 Å². The highest BCUT2D eigenvalue weighted by molar-refractivity contribution is 9.10. The fourth-order valence-corrected chi connectivity index (χ4v) is 3.07. The fraction of sp³-hybridized carbons (Fsp3) is 0.111. The Labute approximate surface area is 137 Å². The first kappa shape index (κ1) is 14.6. The van der Waals surface area contributed by atoms with Crippen LogP contribution in [0.15, 0.2) is 59.1 Å². The number of nitrogens with two attached hydrogens (primary N) is 1. The standard InChI is InChI=1S/C18H15BrClN/c1-11-10-12(6-8-16(11)19)18(21)15-7-9-17(20)14-5-3-2-4-13(14)15/h2-10,18H,21H2,1H3. The van der Waals surface area contributed by atoms with E-state index in [4.69, 9.17) is 17.3 Å².